The zero-order valence-electron chi connectivity index (χ0n) is 17.2. The molecule has 0 spiro atoms. The van der Waals surface area contributed by atoms with Gasteiger partial charge in [-0.15, -0.1) is 0 Å². The quantitative estimate of drug-likeness (QED) is 0.668. The van der Waals surface area contributed by atoms with Crippen LogP contribution in [0.1, 0.15) is 43.4 Å². The number of carbonyl (C=O) groups excluding carboxylic acids is 2. The van der Waals surface area contributed by atoms with Gasteiger partial charge in [0.15, 0.2) is 0 Å². The molecule has 1 unspecified atom stereocenters. The summed E-state index contributed by atoms with van der Waals surface area (Å²) in [6.07, 6.45) is 2.01. The summed E-state index contributed by atoms with van der Waals surface area (Å²) >= 11 is 0. The van der Waals surface area contributed by atoms with Gasteiger partial charge in [0.2, 0.25) is 5.91 Å². The van der Waals surface area contributed by atoms with Gasteiger partial charge in [-0.3, -0.25) is 9.69 Å². The van der Waals surface area contributed by atoms with Crippen molar-refractivity contribution in [2.75, 3.05) is 26.3 Å². The molecule has 1 atom stereocenters. The molecule has 2 fully saturated rings. The normalized spacial score (nSPS) is 19.9. The lowest BCUT2D eigenvalue weighted by Crippen LogP contribution is -2.47. The van der Waals surface area contributed by atoms with Gasteiger partial charge in [0.1, 0.15) is 12.4 Å². The summed E-state index contributed by atoms with van der Waals surface area (Å²) in [5.41, 5.74) is 1.35. The number of imide groups is 1. The van der Waals surface area contributed by atoms with E-state index >= 15 is 0 Å². The second kappa shape index (κ2) is 8.56. The molecule has 2 saturated heterocycles. The summed E-state index contributed by atoms with van der Waals surface area (Å²) in [4.78, 5) is 29.3. The number of hydrogen-bond acceptors (Lipinski definition) is 3. The molecule has 2 aromatic rings. The number of benzene rings is 2. The number of urea groups is 1. The number of halogens is 1. The van der Waals surface area contributed by atoms with Crippen molar-refractivity contribution >= 4 is 11.9 Å². The molecule has 4 rings (SSSR count). The predicted molar refractivity (Wildman–Crippen MR) is 111 cm³/mol. The van der Waals surface area contributed by atoms with E-state index in [4.69, 9.17) is 4.74 Å². The monoisotopic (exact) mass is 410 g/mol. The molecular formula is C24H27FN2O3. The zero-order chi connectivity index (χ0) is 21.1. The average molecular weight is 410 g/mol. The largest absolute Gasteiger partial charge is 0.381 e. The molecule has 2 aliphatic heterocycles. The van der Waals surface area contributed by atoms with Gasteiger partial charge < -0.3 is 9.64 Å². The smallest absolute Gasteiger partial charge is 0.327 e. The van der Waals surface area contributed by atoms with Gasteiger partial charge in [-0.1, -0.05) is 49.4 Å². The Morgan fingerprint density at radius 2 is 1.80 bits per heavy atom. The van der Waals surface area contributed by atoms with Crippen LogP contribution >= 0.6 is 0 Å². The molecule has 0 aliphatic carbocycles. The second-order valence-electron chi connectivity index (χ2n) is 8.13. The maximum atomic E-state index is 14.0. The Hall–Kier alpha value is -2.73. The first kappa shape index (κ1) is 20.5. The van der Waals surface area contributed by atoms with Crippen molar-refractivity contribution in [2.45, 2.75) is 37.6 Å². The lowest BCUT2D eigenvalue weighted by molar-refractivity contribution is -0.126. The van der Waals surface area contributed by atoms with Crippen LogP contribution in [0.15, 0.2) is 54.6 Å². The van der Waals surface area contributed by atoms with Crippen LogP contribution in [-0.4, -0.2) is 48.0 Å². The van der Waals surface area contributed by atoms with E-state index in [1.165, 1.54) is 17.0 Å². The van der Waals surface area contributed by atoms with Crippen LogP contribution in [0, 0.1) is 5.82 Å². The first-order valence-electron chi connectivity index (χ1n) is 10.5. The van der Waals surface area contributed by atoms with Gasteiger partial charge >= 0.3 is 6.03 Å². The molecule has 2 heterocycles. The van der Waals surface area contributed by atoms with Crippen LogP contribution in [0.5, 0.6) is 0 Å². The Morgan fingerprint density at radius 3 is 2.47 bits per heavy atom. The molecule has 0 aromatic heterocycles. The fourth-order valence-electron chi connectivity index (χ4n) is 4.69. The molecule has 2 aliphatic rings. The number of amides is 3. The van der Waals surface area contributed by atoms with Crippen LogP contribution in [-0.2, 0) is 14.9 Å². The lowest BCUT2D eigenvalue weighted by Gasteiger charge is -2.40. The fourth-order valence-corrected chi connectivity index (χ4v) is 4.69. The highest BCUT2D eigenvalue weighted by atomic mass is 19.1. The Labute approximate surface area is 176 Å². The first-order valence-corrected chi connectivity index (χ1v) is 10.5. The number of rotatable bonds is 6. The van der Waals surface area contributed by atoms with Crippen molar-refractivity contribution in [1.29, 1.82) is 0 Å². The molecule has 30 heavy (non-hydrogen) atoms. The average Bonchev–Trinajstić information content (AvgIpc) is 3.04. The molecule has 0 bridgehead atoms. The fraction of sp³-hybridized carbons (Fsp3) is 0.417. The molecule has 2 aromatic carbocycles. The number of nitrogens with zero attached hydrogens (tertiary/aromatic N) is 2. The Kier molecular flexibility index (Phi) is 5.86. The van der Waals surface area contributed by atoms with Crippen LogP contribution in [0.2, 0.25) is 0 Å². The van der Waals surface area contributed by atoms with E-state index in [2.05, 4.69) is 0 Å². The van der Waals surface area contributed by atoms with Gasteiger partial charge in [0.05, 0.1) is 6.04 Å². The lowest BCUT2D eigenvalue weighted by atomic mass is 9.73. The van der Waals surface area contributed by atoms with Crippen molar-refractivity contribution in [2.24, 2.45) is 0 Å². The summed E-state index contributed by atoms with van der Waals surface area (Å²) in [6.45, 7) is 3.39. The van der Waals surface area contributed by atoms with Crippen molar-refractivity contribution in [3.8, 4) is 0 Å². The summed E-state index contributed by atoms with van der Waals surface area (Å²) in [6, 6.07) is 15.9. The first-order chi connectivity index (χ1) is 14.5. The highest BCUT2D eigenvalue weighted by molar-refractivity contribution is 6.02. The van der Waals surface area contributed by atoms with Crippen molar-refractivity contribution in [1.82, 2.24) is 9.80 Å². The summed E-state index contributed by atoms with van der Waals surface area (Å²) in [5.74, 6) is -0.508. The van der Waals surface area contributed by atoms with E-state index in [0.717, 1.165) is 17.5 Å². The molecule has 158 valence electrons. The molecule has 6 heteroatoms. The van der Waals surface area contributed by atoms with Gasteiger partial charge in [0.25, 0.3) is 0 Å². The molecule has 3 amide bonds. The van der Waals surface area contributed by atoms with Crippen molar-refractivity contribution in [3.05, 3.63) is 71.5 Å². The van der Waals surface area contributed by atoms with E-state index in [1.807, 2.05) is 43.3 Å². The Balaban J connectivity index is 1.61. The predicted octanol–water partition coefficient (Wildman–Crippen LogP) is 4.29. The van der Waals surface area contributed by atoms with E-state index in [1.54, 1.807) is 11.0 Å². The molecule has 0 radical (unpaired) electrons. The van der Waals surface area contributed by atoms with Crippen LogP contribution in [0.3, 0.4) is 0 Å². The van der Waals surface area contributed by atoms with E-state index in [0.29, 0.717) is 26.1 Å². The van der Waals surface area contributed by atoms with Crippen molar-refractivity contribution in [3.63, 3.8) is 0 Å². The summed E-state index contributed by atoms with van der Waals surface area (Å²) in [7, 11) is 0. The third-order valence-electron chi connectivity index (χ3n) is 6.38. The topological polar surface area (TPSA) is 49.9 Å². The Morgan fingerprint density at radius 1 is 1.07 bits per heavy atom. The highest BCUT2D eigenvalue weighted by Crippen LogP contribution is 2.38. The molecule has 0 N–H and O–H groups in total. The van der Waals surface area contributed by atoms with Crippen LogP contribution in [0.4, 0.5) is 9.18 Å². The third-order valence-corrected chi connectivity index (χ3v) is 6.38. The number of carbonyl (C=O) groups is 2. The van der Waals surface area contributed by atoms with Gasteiger partial charge in [0, 0.05) is 25.2 Å². The highest BCUT2D eigenvalue weighted by Gasteiger charge is 2.45. The van der Waals surface area contributed by atoms with Gasteiger partial charge in [-0.25, -0.2) is 9.18 Å². The maximum absolute atomic E-state index is 14.0. The second-order valence-corrected chi connectivity index (χ2v) is 8.13. The molecule has 0 saturated carbocycles. The molecular weight excluding hydrogens is 383 g/mol. The van der Waals surface area contributed by atoms with E-state index < -0.39 is 5.41 Å². The SMILES string of the molecule is CCC(c1ccccc1)N1CC(=O)N(CC2(c3cccc(F)c3)CCOCC2)C1=O. The summed E-state index contributed by atoms with van der Waals surface area (Å²) in [5, 5.41) is 0. The van der Waals surface area contributed by atoms with E-state index in [-0.39, 0.29) is 36.9 Å². The minimum atomic E-state index is -0.490. The van der Waals surface area contributed by atoms with Gasteiger partial charge in [-0.2, -0.15) is 0 Å². The zero-order valence-corrected chi connectivity index (χ0v) is 17.2. The van der Waals surface area contributed by atoms with E-state index in [9.17, 15) is 14.0 Å². The standard InChI is InChI=1S/C24H27FN2O3/c1-2-21(18-7-4-3-5-8-18)26-16-22(28)27(23(26)29)17-24(11-13-30-14-12-24)19-9-6-10-20(25)15-19/h3-10,15,21H,2,11-14,16-17H2,1H3. The third kappa shape index (κ3) is 3.84. The number of hydrogen-bond donors (Lipinski definition) is 0. The molecule has 5 nitrogen and oxygen atoms in total. The Bertz CT molecular complexity index is 912. The summed E-state index contributed by atoms with van der Waals surface area (Å²) < 4.78 is 19.5. The van der Waals surface area contributed by atoms with Crippen LogP contribution < -0.4 is 0 Å². The van der Waals surface area contributed by atoms with Crippen LogP contribution in [0.25, 0.3) is 0 Å². The number of ether oxygens (including phenoxy) is 1. The minimum absolute atomic E-state index is 0.0714. The maximum Gasteiger partial charge on any atom is 0.327 e. The van der Waals surface area contributed by atoms with Gasteiger partial charge in [-0.05, 0) is 42.5 Å². The van der Waals surface area contributed by atoms with Crippen molar-refractivity contribution < 1.29 is 18.7 Å². The minimum Gasteiger partial charge on any atom is -0.381 e.